The lowest BCUT2D eigenvalue weighted by Crippen LogP contribution is -2.35. The number of carboxylic acids is 1. The van der Waals surface area contributed by atoms with Crippen molar-refractivity contribution in [2.75, 3.05) is 0 Å². The third kappa shape index (κ3) is 3.62. The van der Waals surface area contributed by atoms with Crippen molar-refractivity contribution in [3.63, 3.8) is 0 Å². The Kier molecular flexibility index (Phi) is 3.65. The number of carboxylic acid groups (broad SMARTS) is 1. The highest BCUT2D eigenvalue weighted by Gasteiger charge is 2.12. The first-order valence-corrected chi connectivity index (χ1v) is 5.06. The third-order valence-corrected chi connectivity index (χ3v) is 2.10. The van der Waals surface area contributed by atoms with Crippen molar-refractivity contribution in [2.45, 2.75) is 32.9 Å². The van der Waals surface area contributed by atoms with Crippen molar-refractivity contribution in [3.8, 4) is 0 Å². The summed E-state index contributed by atoms with van der Waals surface area (Å²) >= 11 is 0. The van der Waals surface area contributed by atoms with E-state index in [1.54, 1.807) is 0 Å². The molecule has 1 aromatic rings. The van der Waals surface area contributed by atoms with Crippen LogP contribution in [0.4, 0.5) is 4.39 Å². The predicted molar refractivity (Wildman–Crippen MR) is 60.0 cm³/mol. The molecule has 0 unspecified atom stereocenters. The van der Waals surface area contributed by atoms with Crippen LogP contribution < -0.4 is 5.32 Å². The molecule has 0 aliphatic rings. The van der Waals surface area contributed by atoms with Gasteiger partial charge in [-0.3, -0.25) is 0 Å². The topological polar surface area (TPSA) is 49.3 Å². The molecular weight excluding hydrogens is 209 g/mol. The largest absolute Gasteiger partial charge is 0.478 e. The number of halogens is 1. The average Bonchev–Trinajstić information content (AvgIpc) is 2.14. The van der Waals surface area contributed by atoms with Crippen LogP contribution in [0.3, 0.4) is 0 Å². The van der Waals surface area contributed by atoms with Gasteiger partial charge in [-0.25, -0.2) is 9.18 Å². The molecule has 0 aliphatic heterocycles. The maximum absolute atomic E-state index is 13.4. The van der Waals surface area contributed by atoms with E-state index in [2.05, 4.69) is 5.32 Å². The molecule has 88 valence electrons. The minimum absolute atomic E-state index is 0.104. The molecule has 0 saturated carbocycles. The summed E-state index contributed by atoms with van der Waals surface area (Å²) in [5.74, 6) is -1.43. The van der Waals surface area contributed by atoms with Crippen LogP contribution in [0.25, 0.3) is 0 Å². The molecule has 0 saturated heterocycles. The third-order valence-electron chi connectivity index (χ3n) is 2.10. The van der Waals surface area contributed by atoms with Crippen LogP contribution in [-0.2, 0) is 6.54 Å². The van der Waals surface area contributed by atoms with E-state index in [1.165, 1.54) is 18.2 Å². The Morgan fingerprint density at radius 2 is 2.06 bits per heavy atom. The van der Waals surface area contributed by atoms with Crippen LogP contribution in [0.1, 0.15) is 36.7 Å². The number of hydrogen-bond acceptors (Lipinski definition) is 2. The van der Waals surface area contributed by atoms with Gasteiger partial charge in [0, 0.05) is 17.6 Å². The van der Waals surface area contributed by atoms with Gasteiger partial charge in [0.1, 0.15) is 5.82 Å². The average molecular weight is 225 g/mol. The summed E-state index contributed by atoms with van der Waals surface area (Å²) in [7, 11) is 0. The molecule has 1 aromatic carbocycles. The Morgan fingerprint density at radius 1 is 1.44 bits per heavy atom. The second-order valence-electron chi connectivity index (χ2n) is 4.71. The standard InChI is InChI=1S/C12H16FNO2/c1-12(2,3)14-7-9-6-8(11(15)16)4-5-10(9)13/h4-6,14H,7H2,1-3H3,(H,15,16). The molecule has 0 fully saturated rings. The molecule has 0 aliphatic carbocycles. The Hall–Kier alpha value is -1.42. The molecular formula is C12H16FNO2. The Balaban J connectivity index is 2.86. The monoisotopic (exact) mass is 225 g/mol. The second kappa shape index (κ2) is 4.61. The molecule has 0 bridgehead atoms. The molecule has 0 amide bonds. The van der Waals surface area contributed by atoms with E-state index in [1.807, 2.05) is 20.8 Å². The summed E-state index contributed by atoms with van der Waals surface area (Å²) in [5, 5.41) is 11.9. The van der Waals surface area contributed by atoms with Gasteiger partial charge in [-0.15, -0.1) is 0 Å². The Morgan fingerprint density at radius 3 is 2.56 bits per heavy atom. The quantitative estimate of drug-likeness (QED) is 0.830. The van der Waals surface area contributed by atoms with Crippen LogP contribution in [0.5, 0.6) is 0 Å². The molecule has 16 heavy (non-hydrogen) atoms. The zero-order valence-corrected chi connectivity index (χ0v) is 9.67. The lowest BCUT2D eigenvalue weighted by molar-refractivity contribution is 0.0696. The van der Waals surface area contributed by atoms with Gasteiger partial charge in [0.2, 0.25) is 0 Å². The first-order valence-electron chi connectivity index (χ1n) is 5.06. The lowest BCUT2D eigenvalue weighted by atomic mass is 10.1. The van der Waals surface area contributed by atoms with Crippen molar-refractivity contribution < 1.29 is 14.3 Å². The number of aromatic carboxylic acids is 1. The maximum atomic E-state index is 13.4. The highest BCUT2D eigenvalue weighted by molar-refractivity contribution is 5.87. The van der Waals surface area contributed by atoms with Crippen LogP contribution in [0, 0.1) is 5.82 Å². The zero-order valence-electron chi connectivity index (χ0n) is 9.67. The zero-order chi connectivity index (χ0) is 12.3. The van der Waals surface area contributed by atoms with Gasteiger partial charge >= 0.3 is 5.97 Å². The normalized spacial score (nSPS) is 11.5. The van der Waals surface area contributed by atoms with Gasteiger partial charge in [0.05, 0.1) is 5.56 Å². The fourth-order valence-corrected chi connectivity index (χ4v) is 1.20. The molecule has 0 heterocycles. The summed E-state index contributed by atoms with van der Waals surface area (Å²) in [6, 6.07) is 3.80. The molecule has 0 radical (unpaired) electrons. The molecule has 0 aromatic heterocycles. The van der Waals surface area contributed by atoms with Gasteiger partial charge in [0.15, 0.2) is 0 Å². The van der Waals surface area contributed by atoms with E-state index >= 15 is 0 Å². The number of carbonyl (C=O) groups is 1. The van der Waals surface area contributed by atoms with Crippen LogP contribution in [0.2, 0.25) is 0 Å². The summed E-state index contributed by atoms with van der Waals surface area (Å²) in [5.41, 5.74) is 0.341. The van der Waals surface area contributed by atoms with Crippen molar-refractivity contribution in [3.05, 3.63) is 35.1 Å². The first kappa shape index (κ1) is 12.6. The molecule has 1 rings (SSSR count). The fourth-order valence-electron chi connectivity index (χ4n) is 1.20. The van der Waals surface area contributed by atoms with Crippen molar-refractivity contribution in [2.24, 2.45) is 0 Å². The Labute approximate surface area is 94.3 Å². The SMILES string of the molecule is CC(C)(C)NCc1cc(C(=O)O)ccc1F. The summed E-state index contributed by atoms with van der Waals surface area (Å²) in [4.78, 5) is 10.7. The fraction of sp³-hybridized carbons (Fsp3) is 0.417. The number of benzene rings is 1. The van der Waals surface area contributed by atoms with E-state index in [0.717, 1.165) is 0 Å². The molecule has 4 heteroatoms. The van der Waals surface area contributed by atoms with Gasteiger partial charge in [-0.05, 0) is 39.0 Å². The molecule has 3 nitrogen and oxygen atoms in total. The minimum atomic E-state index is -1.04. The highest BCUT2D eigenvalue weighted by Crippen LogP contribution is 2.12. The van der Waals surface area contributed by atoms with Crippen molar-refractivity contribution in [1.29, 1.82) is 0 Å². The van der Waals surface area contributed by atoms with Crippen LogP contribution >= 0.6 is 0 Å². The smallest absolute Gasteiger partial charge is 0.335 e. The lowest BCUT2D eigenvalue weighted by Gasteiger charge is -2.20. The highest BCUT2D eigenvalue weighted by atomic mass is 19.1. The van der Waals surface area contributed by atoms with Crippen molar-refractivity contribution in [1.82, 2.24) is 5.32 Å². The van der Waals surface area contributed by atoms with Gasteiger partial charge in [0.25, 0.3) is 0 Å². The van der Waals surface area contributed by atoms with E-state index in [4.69, 9.17) is 5.11 Å². The minimum Gasteiger partial charge on any atom is -0.478 e. The second-order valence-corrected chi connectivity index (χ2v) is 4.71. The van der Waals surface area contributed by atoms with E-state index in [0.29, 0.717) is 12.1 Å². The van der Waals surface area contributed by atoms with Crippen LogP contribution in [0.15, 0.2) is 18.2 Å². The van der Waals surface area contributed by atoms with E-state index in [-0.39, 0.29) is 16.9 Å². The number of rotatable bonds is 3. The van der Waals surface area contributed by atoms with Gasteiger partial charge < -0.3 is 10.4 Å². The summed E-state index contributed by atoms with van der Waals surface area (Å²) < 4.78 is 13.4. The van der Waals surface area contributed by atoms with Gasteiger partial charge in [-0.1, -0.05) is 0 Å². The first-order chi connectivity index (χ1) is 7.29. The molecule has 0 spiro atoms. The van der Waals surface area contributed by atoms with Crippen molar-refractivity contribution >= 4 is 5.97 Å². The molecule has 2 N–H and O–H groups in total. The van der Waals surface area contributed by atoms with E-state index in [9.17, 15) is 9.18 Å². The maximum Gasteiger partial charge on any atom is 0.335 e. The molecule has 0 atom stereocenters. The van der Waals surface area contributed by atoms with E-state index < -0.39 is 5.97 Å². The number of hydrogen-bond donors (Lipinski definition) is 2. The Bertz CT molecular complexity index is 396. The van der Waals surface area contributed by atoms with Gasteiger partial charge in [-0.2, -0.15) is 0 Å². The summed E-state index contributed by atoms with van der Waals surface area (Å²) in [6.45, 7) is 6.21. The predicted octanol–water partition coefficient (Wildman–Crippen LogP) is 2.41. The van der Waals surface area contributed by atoms with Crippen LogP contribution in [-0.4, -0.2) is 16.6 Å². The summed E-state index contributed by atoms with van der Waals surface area (Å²) in [6.07, 6.45) is 0. The number of nitrogens with one attached hydrogen (secondary N) is 1.